The number of nitrogens with one attached hydrogen (secondary N) is 2. The Bertz CT molecular complexity index is 1070. The summed E-state index contributed by atoms with van der Waals surface area (Å²) in [6.07, 6.45) is 0. The van der Waals surface area contributed by atoms with Crippen LogP contribution in [0.5, 0.6) is 0 Å². The molecule has 2 N–H and O–H groups in total. The molecule has 4 aromatic rings. The molecule has 4 aromatic carbocycles. The van der Waals surface area contributed by atoms with Gasteiger partial charge in [0.05, 0.1) is 0 Å². The molecule has 0 saturated heterocycles. The van der Waals surface area contributed by atoms with E-state index in [0.717, 1.165) is 22.5 Å². The second-order valence-corrected chi connectivity index (χ2v) is 7.33. The zero-order valence-corrected chi connectivity index (χ0v) is 16.8. The molecule has 0 aliphatic rings. The van der Waals surface area contributed by atoms with Crippen molar-refractivity contribution in [1.82, 2.24) is 0 Å². The molecule has 0 amide bonds. The van der Waals surface area contributed by atoms with E-state index >= 15 is 0 Å². The van der Waals surface area contributed by atoms with E-state index in [1.165, 1.54) is 12.1 Å². The fourth-order valence-corrected chi connectivity index (χ4v) is 3.17. The Hall–Kier alpha value is -3.66. The Morgan fingerprint density at radius 2 is 0.800 bits per heavy atom. The lowest BCUT2D eigenvalue weighted by Crippen LogP contribution is -1.93. The van der Waals surface area contributed by atoms with Crippen molar-refractivity contribution in [2.45, 2.75) is 13.8 Å². The summed E-state index contributed by atoms with van der Waals surface area (Å²) in [4.78, 5) is 0. The Morgan fingerprint density at radius 1 is 0.467 bits per heavy atom. The summed E-state index contributed by atoms with van der Waals surface area (Å²) in [5, 5.41) is 6.43. The average Bonchev–Trinajstić information content (AvgIpc) is 2.75. The van der Waals surface area contributed by atoms with Crippen LogP contribution in [0.1, 0.15) is 11.1 Å². The normalized spacial score (nSPS) is 10.7. The van der Waals surface area contributed by atoms with E-state index < -0.39 is 0 Å². The molecule has 0 unspecified atom stereocenters. The van der Waals surface area contributed by atoms with Gasteiger partial charge >= 0.3 is 0 Å². The van der Waals surface area contributed by atoms with Crippen molar-refractivity contribution in [2.24, 2.45) is 0 Å². The van der Waals surface area contributed by atoms with Crippen molar-refractivity contribution >= 4 is 22.7 Å². The highest BCUT2D eigenvalue weighted by Gasteiger charge is 2.03. The number of halogens is 2. The van der Waals surface area contributed by atoms with Crippen molar-refractivity contribution in [3.05, 3.63) is 108 Å². The molecule has 4 heteroatoms. The first-order valence-electron chi connectivity index (χ1n) is 9.75. The van der Waals surface area contributed by atoms with Gasteiger partial charge in [0.15, 0.2) is 0 Å². The van der Waals surface area contributed by atoms with E-state index in [1.54, 1.807) is 26.0 Å². The summed E-state index contributed by atoms with van der Waals surface area (Å²) >= 11 is 0. The summed E-state index contributed by atoms with van der Waals surface area (Å²) in [5.41, 5.74) is 6.61. The van der Waals surface area contributed by atoms with Gasteiger partial charge in [-0.15, -0.1) is 0 Å². The number of hydrogen-bond donors (Lipinski definition) is 2. The Kier molecular flexibility index (Phi) is 5.48. The molecule has 0 spiro atoms. The molecule has 0 radical (unpaired) electrons. The monoisotopic (exact) mass is 400 g/mol. The lowest BCUT2D eigenvalue weighted by Gasteiger charge is -2.10. The molecule has 0 aliphatic heterocycles. The predicted octanol–water partition coefficient (Wildman–Crippen LogP) is 7.74. The molecule has 0 bridgehead atoms. The number of rotatable bonds is 5. The zero-order valence-electron chi connectivity index (χ0n) is 16.8. The van der Waals surface area contributed by atoms with Gasteiger partial charge in [-0.1, -0.05) is 36.4 Å². The quantitative estimate of drug-likeness (QED) is 0.358. The van der Waals surface area contributed by atoms with Gasteiger partial charge in [0.1, 0.15) is 11.6 Å². The van der Waals surface area contributed by atoms with E-state index in [4.69, 9.17) is 0 Å². The molecule has 30 heavy (non-hydrogen) atoms. The standard InChI is InChI=1S/C26H22F2N2/c1-17-3-9-23(15-25(17)27)29-21-11-5-19(6-12-21)20-7-13-22(14-8-20)30-24-10-4-18(2)26(28)16-24/h3-16,29-30H,1-2H3. The van der Waals surface area contributed by atoms with Crippen LogP contribution in [0, 0.1) is 25.5 Å². The number of aryl methyl sites for hydroxylation is 2. The van der Waals surface area contributed by atoms with Crippen LogP contribution in [0.2, 0.25) is 0 Å². The maximum Gasteiger partial charge on any atom is 0.128 e. The highest BCUT2D eigenvalue weighted by molar-refractivity contribution is 5.71. The Morgan fingerprint density at radius 3 is 1.13 bits per heavy atom. The van der Waals surface area contributed by atoms with Crippen LogP contribution in [0.4, 0.5) is 31.5 Å². The Labute approximate surface area is 175 Å². The topological polar surface area (TPSA) is 24.1 Å². The molecule has 0 aliphatic carbocycles. The second kappa shape index (κ2) is 8.37. The van der Waals surface area contributed by atoms with E-state index in [0.29, 0.717) is 22.5 Å². The van der Waals surface area contributed by atoms with E-state index in [2.05, 4.69) is 10.6 Å². The van der Waals surface area contributed by atoms with E-state index in [-0.39, 0.29) is 11.6 Å². The smallest absolute Gasteiger partial charge is 0.128 e. The molecule has 0 aromatic heterocycles. The Balaban J connectivity index is 1.44. The van der Waals surface area contributed by atoms with Crippen LogP contribution in [0.25, 0.3) is 11.1 Å². The van der Waals surface area contributed by atoms with Crippen LogP contribution < -0.4 is 10.6 Å². The number of anilines is 4. The molecule has 150 valence electrons. The molecular weight excluding hydrogens is 378 g/mol. The molecule has 0 atom stereocenters. The minimum Gasteiger partial charge on any atom is -0.355 e. The third-order valence-corrected chi connectivity index (χ3v) is 5.02. The van der Waals surface area contributed by atoms with Crippen LogP contribution in [-0.2, 0) is 0 Å². The minimum atomic E-state index is -0.223. The molecule has 0 saturated carbocycles. The van der Waals surface area contributed by atoms with Crippen molar-refractivity contribution in [2.75, 3.05) is 10.6 Å². The van der Waals surface area contributed by atoms with Gasteiger partial charge in [0.2, 0.25) is 0 Å². The fraction of sp³-hybridized carbons (Fsp3) is 0.0769. The van der Waals surface area contributed by atoms with Crippen molar-refractivity contribution < 1.29 is 8.78 Å². The maximum atomic E-state index is 13.7. The predicted molar refractivity (Wildman–Crippen MR) is 121 cm³/mol. The number of hydrogen-bond acceptors (Lipinski definition) is 2. The van der Waals surface area contributed by atoms with Crippen LogP contribution in [0.3, 0.4) is 0 Å². The molecule has 4 rings (SSSR count). The van der Waals surface area contributed by atoms with Crippen LogP contribution in [0.15, 0.2) is 84.9 Å². The van der Waals surface area contributed by atoms with E-state index in [9.17, 15) is 8.78 Å². The minimum absolute atomic E-state index is 0.223. The van der Waals surface area contributed by atoms with Gasteiger partial charge in [-0.25, -0.2) is 8.78 Å². The second-order valence-electron chi connectivity index (χ2n) is 7.33. The van der Waals surface area contributed by atoms with Crippen LogP contribution in [-0.4, -0.2) is 0 Å². The van der Waals surface area contributed by atoms with Gasteiger partial charge in [0, 0.05) is 22.7 Å². The summed E-state index contributed by atoms with van der Waals surface area (Å²) < 4.78 is 27.4. The molecule has 0 fully saturated rings. The van der Waals surface area contributed by atoms with Crippen LogP contribution >= 0.6 is 0 Å². The highest BCUT2D eigenvalue weighted by atomic mass is 19.1. The molecule has 0 heterocycles. The van der Waals surface area contributed by atoms with Crippen molar-refractivity contribution in [3.8, 4) is 11.1 Å². The van der Waals surface area contributed by atoms with Gasteiger partial charge in [-0.3, -0.25) is 0 Å². The van der Waals surface area contributed by atoms with E-state index in [1.807, 2.05) is 60.7 Å². The largest absolute Gasteiger partial charge is 0.355 e. The van der Waals surface area contributed by atoms with Gasteiger partial charge in [-0.2, -0.15) is 0 Å². The first kappa shape index (κ1) is 19.6. The summed E-state index contributed by atoms with van der Waals surface area (Å²) in [7, 11) is 0. The molecule has 2 nitrogen and oxygen atoms in total. The SMILES string of the molecule is Cc1ccc(Nc2ccc(-c3ccc(Nc4ccc(C)c(F)c4)cc3)cc2)cc1F. The zero-order chi connectivity index (χ0) is 21.1. The van der Waals surface area contributed by atoms with Gasteiger partial charge < -0.3 is 10.6 Å². The summed E-state index contributed by atoms with van der Waals surface area (Å²) in [5.74, 6) is -0.447. The lowest BCUT2D eigenvalue weighted by atomic mass is 10.0. The lowest BCUT2D eigenvalue weighted by molar-refractivity contribution is 0.619. The summed E-state index contributed by atoms with van der Waals surface area (Å²) in [6.45, 7) is 3.49. The molecular formula is C26H22F2N2. The van der Waals surface area contributed by atoms with Gasteiger partial charge in [0.25, 0.3) is 0 Å². The third-order valence-electron chi connectivity index (χ3n) is 5.02. The average molecular weight is 400 g/mol. The fourth-order valence-electron chi connectivity index (χ4n) is 3.17. The third kappa shape index (κ3) is 4.49. The van der Waals surface area contributed by atoms with Gasteiger partial charge in [-0.05, 0) is 84.6 Å². The maximum absolute atomic E-state index is 13.7. The first-order valence-corrected chi connectivity index (χ1v) is 9.75. The highest BCUT2D eigenvalue weighted by Crippen LogP contribution is 2.26. The number of benzene rings is 4. The first-order chi connectivity index (χ1) is 14.5. The van der Waals surface area contributed by atoms with Crippen molar-refractivity contribution in [3.63, 3.8) is 0 Å². The van der Waals surface area contributed by atoms with Crippen molar-refractivity contribution in [1.29, 1.82) is 0 Å². The summed E-state index contributed by atoms with van der Waals surface area (Å²) in [6, 6.07) is 26.2.